The van der Waals surface area contributed by atoms with E-state index in [1.54, 1.807) is 6.07 Å². The monoisotopic (exact) mass is 501 g/mol. The smallest absolute Gasteiger partial charge is 0.249 e. The van der Waals surface area contributed by atoms with Crippen molar-refractivity contribution in [2.75, 3.05) is 13.2 Å². The van der Waals surface area contributed by atoms with Crippen molar-refractivity contribution < 1.29 is 18.3 Å². The molecular formula is C27H30ClF2N3O2. The van der Waals surface area contributed by atoms with Crippen LogP contribution in [0.4, 0.5) is 8.78 Å². The van der Waals surface area contributed by atoms with Crippen LogP contribution in [0.2, 0.25) is 0 Å². The van der Waals surface area contributed by atoms with E-state index in [4.69, 9.17) is 10.5 Å². The number of halogens is 3. The van der Waals surface area contributed by atoms with E-state index >= 15 is 0 Å². The third kappa shape index (κ3) is 4.29. The number of nitrogens with zero attached hydrogens (tertiary/aromatic N) is 1. The normalized spacial score (nSPS) is 21.6. The van der Waals surface area contributed by atoms with Gasteiger partial charge in [0.1, 0.15) is 12.4 Å². The largest absolute Gasteiger partial charge is 0.489 e. The molecule has 3 N–H and O–H groups in total. The maximum absolute atomic E-state index is 14.4. The van der Waals surface area contributed by atoms with Crippen LogP contribution >= 0.6 is 12.4 Å². The maximum atomic E-state index is 14.4. The van der Waals surface area contributed by atoms with E-state index in [1.165, 1.54) is 35.9 Å². The molecule has 1 aliphatic heterocycles. The van der Waals surface area contributed by atoms with Crippen LogP contribution in [0.25, 0.3) is 10.9 Å². The molecule has 0 unspecified atom stereocenters. The molecule has 1 fully saturated rings. The van der Waals surface area contributed by atoms with Crippen molar-refractivity contribution in [3.05, 3.63) is 64.4 Å². The third-order valence-electron chi connectivity index (χ3n) is 8.07. The van der Waals surface area contributed by atoms with Crippen molar-refractivity contribution >= 4 is 29.2 Å². The van der Waals surface area contributed by atoms with E-state index in [0.717, 1.165) is 49.6 Å². The van der Waals surface area contributed by atoms with Gasteiger partial charge in [0.25, 0.3) is 0 Å². The van der Waals surface area contributed by atoms with E-state index in [1.807, 2.05) is 6.07 Å². The van der Waals surface area contributed by atoms with Gasteiger partial charge in [0, 0.05) is 46.4 Å². The number of hydrogen-bond acceptors (Lipinski definition) is 3. The molecule has 35 heavy (non-hydrogen) atoms. The zero-order chi connectivity index (χ0) is 23.4. The highest BCUT2D eigenvalue weighted by atomic mass is 35.5. The highest BCUT2D eigenvalue weighted by Crippen LogP contribution is 2.38. The van der Waals surface area contributed by atoms with Crippen molar-refractivity contribution in [2.24, 2.45) is 11.7 Å². The van der Waals surface area contributed by atoms with Crippen LogP contribution in [-0.4, -0.2) is 41.0 Å². The van der Waals surface area contributed by atoms with Gasteiger partial charge in [-0.1, -0.05) is 6.42 Å². The number of nitrogens with one attached hydrogen (secondary N) is 1. The Bertz CT molecular complexity index is 1270. The van der Waals surface area contributed by atoms with Gasteiger partial charge in [-0.3, -0.25) is 9.69 Å². The van der Waals surface area contributed by atoms with Crippen molar-refractivity contribution in [3.8, 4) is 5.75 Å². The van der Waals surface area contributed by atoms with Crippen LogP contribution in [0.1, 0.15) is 52.9 Å². The number of rotatable bonds is 5. The Balaban J connectivity index is 0.00000253. The summed E-state index contributed by atoms with van der Waals surface area (Å²) in [6.07, 6.45) is 6.98. The Labute approximate surface area is 209 Å². The summed E-state index contributed by atoms with van der Waals surface area (Å²) >= 11 is 0. The number of nitrogens with two attached hydrogens (primary N) is 1. The van der Waals surface area contributed by atoms with Crippen LogP contribution in [0.15, 0.2) is 30.3 Å². The quantitative estimate of drug-likeness (QED) is 0.520. The van der Waals surface area contributed by atoms with Crippen LogP contribution < -0.4 is 10.5 Å². The van der Waals surface area contributed by atoms with Crippen molar-refractivity contribution in [3.63, 3.8) is 0 Å². The predicted molar refractivity (Wildman–Crippen MR) is 133 cm³/mol. The molecule has 1 saturated carbocycles. The molecule has 2 heterocycles. The fourth-order valence-electron chi connectivity index (χ4n) is 6.11. The number of carbonyl (C=O) groups excluding carboxylic acids is 1. The first-order chi connectivity index (χ1) is 16.5. The Hall–Kier alpha value is -2.64. The van der Waals surface area contributed by atoms with Crippen LogP contribution in [-0.2, 0) is 19.3 Å². The molecule has 6 rings (SSSR count). The van der Waals surface area contributed by atoms with Gasteiger partial charge in [0.15, 0.2) is 11.6 Å². The molecule has 0 saturated heterocycles. The van der Waals surface area contributed by atoms with Gasteiger partial charge in [-0.25, -0.2) is 8.78 Å². The standard InChI is InChI=1S/C27H29F2N3O2.ClH/c28-16-5-9-25-21(11-16)20-10-15(4-8-24(20)31-25)13-32(17-2-1-3-17)18-12-22-19(27(30)33)6-7-23(29)26(22)34-14-18;/h5-7,9,11,15,17-18,31H,1-4,8,10,12-14H2,(H2,30,33);1H/t15-,18-;/m1./s1. The van der Waals surface area contributed by atoms with E-state index < -0.39 is 11.7 Å². The van der Waals surface area contributed by atoms with E-state index in [9.17, 15) is 13.6 Å². The number of carbonyl (C=O) groups is 1. The molecule has 3 aromatic rings. The average molecular weight is 502 g/mol. The predicted octanol–water partition coefficient (Wildman–Crippen LogP) is 4.93. The number of hydrogen-bond donors (Lipinski definition) is 2. The minimum atomic E-state index is -0.554. The lowest BCUT2D eigenvalue weighted by molar-refractivity contribution is 0.0283. The lowest BCUT2D eigenvalue weighted by Gasteiger charge is -2.46. The van der Waals surface area contributed by atoms with Gasteiger partial charge in [0.05, 0.1) is 0 Å². The molecular weight excluding hydrogens is 472 g/mol. The zero-order valence-electron chi connectivity index (χ0n) is 19.5. The van der Waals surface area contributed by atoms with Crippen molar-refractivity contribution in [1.82, 2.24) is 9.88 Å². The third-order valence-corrected chi connectivity index (χ3v) is 8.07. The summed E-state index contributed by atoms with van der Waals surface area (Å²) in [5.74, 6) is -0.589. The first kappa shape index (κ1) is 24.1. The number of benzene rings is 2. The lowest BCUT2D eigenvalue weighted by Crippen LogP contribution is -2.53. The van der Waals surface area contributed by atoms with Gasteiger partial charge in [-0.2, -0.15) is 0 Å². The van der Waals surface area contributed by atoms with Gasteiger partial charge >= 0.3 is 0 Å². The molecule has 1 amide bonds. The summed E-state index contributed by atoms with van der Waals surface area (Å²) in [4.78, 5) is 18.0. The summed E-state index contributed by atoms with van der Waals surface area (Å²) in [7, 11) is 0. The second kappa shape index (κ2) is 9.43. The molecule has 0 bridgehead atoms. The molecule has 2 aliphatic carbocycles. The summed E-state index contributed by atoms with van der Waals surface area (Å²) in [5, 5.41) is 0.992. The Morgan fingerprint density at radius 1 is 1.09 bits per heavy atom. The van der Waals surface area contributed by atoms with E-state index in [2.05, 4.69) is 9.88 Å². The molecule has 1 aromatic heterocycles. The van der Waals surface area contributed by atoms with Gasteiger partial charge in [-0.05, 0) is 80.3 Å². The van der Waals surface area contributed by atoms with Gasteiger partial charge < -0.3 is 15.5 Å². The fourth-order valence-corrected chi connectivity index (χ4v) is 6.11. The Morgan fingerprint density at radius 3 is 2.66 bits per heavy atom. The topological polar surface area (TPSA) is 71.4 Å². The zero-order valence-corrected chi connectivity index (χ0v) is 20.3. The number of fused-ring (bicyclic) bond motifs is 4. The molecule has 3 aliphatic rings. The Morgan fingerprint density at radius 2 is 1.91 bits per heavy atom. The number of H-pyrrole nitrogens is 1. The minimum Gasteiger partial charge on any atom is -0.489 e. The highest BCUT2D eigenvalue weighted by Gasteiger charge is 2.37. The molecule has 2 aromatic carbocycles. The first-order valence-electron chi connectivity index (χ1n) is 12.3. The number of ether oxygens (including phenoxy) is 1. The fraction of sp³-hybridized carbons (Fsp3) is 0.444. The number of primary amides is 1. The summed E-state index contributed by atoms with van der Waals surface area (Å²) in [6.45, 7) is 1.32. The number of aryl methyl sites for hydroxylation is 1. The van der Waals surface area contributed by atoms with Gasteiger partial charge in [0.2, 0.25) is 5.91 Å². The summed E-state index contributed by atoms with van der Waals surface area (Å²) in [5.41, 5.74) is 9.99. The summed E-state index contributed by atoms with van der Waals surface area (Å²) in [6, 6.07) is 8.24. The highest BCUT2D eigenvalue weighted by molar-refractivity contribution is 5.95. The van der Waals surface area contributed by atoms with E-state index in [-0.39, 0.29) is 30.0 Å². The van der Waals surface area contributed by atoms with Crippen LogP contribution in [0.5, 0.6) is 5.75 Å². The number of amides is 1. The second-order valence-corrected chi connectivity index (χ2v) is 10.1. The van der Waals surface area contributed by atoms with Crippen molar-refractivity contribution in [2.45, 2.75) is 57.0 Å². The minimum absolute atomic E-state index is 0. The molecule has 186 valence electrons. The van der Waals surface area contributed by atoms with Crippen LogP contribution in [0.3, 0.4) is 0 Å². The molecule has 5 nitrogen and oxygen atoms in total. The average Bonchev–Trinajstić information content (AvgIpc) is 3.14. The number of aromatic nitrogens is 1. The number of aromatic amines is 1. The maximum Gasteiger partial charge on any atom is 0.249 e. The molecule has 0 spiro atoms. The lowest BCUT2D eigenvalue weighted by atomic mass is 9.83. The van der Waals surface area contributed by atoms with Crippen molar-refractivity contribution in [1.29, 1.82) is 0 Å². The summed E-state index contributed by atoms with van der Waals surface area (Å²) < 4.78 is 34.2. The molecule has 2 atom stereocenters. The Kier molecular flexibility index (Phi) is 6.49. The molecule has 0 radical (unpaired) electrons. The molecule has 8 heteroatoms. The second-order valence-electron chi connectivity index (χ2n) is 10.1. The first-order valence-corrected chi connectivity index (χ1v) is 12.3. The SMILES string of the molecule is Cl.NC(=O)c1ccc(F)c2c1C[C@@H](N(C[C@@H]1CCc3[nH]c4ccc(F)cc4c3C1)C1CCC1)CO2. The van der Waals surface area contributed by atoms with E-state index in [0.29, 0.717) is 36.1 Å². The van der Waals surface area contributed by atoms with Gasteiger partial charge in [-0.15, -0.1) is 12.4 Å². The van der Waals surface area contributed by atoms with Crippen LogP contribution in [0, 0.1) is 17.6 Å².